The third kappa shape index (κ3) is 8.30. The van der Waals surface area contributed by atoms with Crippen molar-refractivity contribution in [2.75, 3.05) is 52.5 Å². The second-order valence-electron chi connectivity index (χ2n) is 7.43. The van der Waals surface area contributed by atoms with Gasteiger partial charge in [0, 0.05) is 44.4 Å². The maximum atomic E-state index is 12.6. The van der Waals surface area contributed by atoms with Gasteiger partial charge in [0.15, 0.2) is 5.96 Å². The molecule has 0 unspecified atom stereocenters. The molecule has 2 fully saturated rings. The fraction of sp³-hybridized carbons (Fsp3) is 0.619. The van der Waals surface area contributed by atoms with Crippen LogP contribution in [0.4, 0.5) is 0 Å². The van der Waals surface area contributed by atoms with Crippen LogP contribution in [0.2, 0.25) is 5.02 Å². The van der Waals surface area contributed by atoms with Gasteiger partial charge in [0.2, 0.25) is 5.91 Å². The predicted molar refractivity (Wildman–Crippen MR) is 128 cm³/mol. The van der Waals surface area contributed by atoms with Crippen molar-refractivity contribution in [3.8, 4) is 0 Å². The summed E-state index contributed by atoms with van der Waals surface area (Å²) in [6.07, 6.45) is 3.02. The molecule has 0 aromatic heterocycles. The first-order valence-electron chi connectivity index (χ1n) is 10.3. The first-order valence-corrected chi connectivity index (χ1v) is 10.7. The maximum absolute atomic E-state index is 12.6. The number of halogens is 2. The van der Waals surface area contributed by atoms with E-state index in [-0.39, 0.29) is 29.9 Å². The van der Waals surface area contributed by atoms with E-state index in [1.165, 1.54) is 12.8 Å². The van der Waals surface area contributed by atoms with Gasteiger partial charge in [-0.05, 0) is 43.4 Å². The summed E-state index contributed by atoms with van der Waals surface area (Å²) < 4.78 is 5.67. The molecule has 29 heavy (non-hydrogen) atoms. The average Bonchev–Trinajstić information content (AvgIpc) is 3.51. The number of piperazine rings is 1. The van der Waals surface area contributed by atoms with E-state index in [9.17, 15) is 4.79 Å². The normalized spacial score (nSPS) is 17.1. The van der Waals surface area contributed by atoms with Crippen LogP contribution in [0.3, 0.4) is 0 Å². The summed E-state index contributed by atoms with van der Waals surface area (Å²) >= 11 is 6.02. The minimum atomic E-state index is 0. The second kappa shape index (κ2) is 12.6. The second-order valence-corrected chi connectivity index (χ2v) is 7.86. The van der Waals surface area contributed by atoms with Gasteiger partial charge in [0.25, 0.3) is 0 Å². The smallest absolute Gasteiger partial charge is 0.227 e. The molecule has 3 rings (SSSR count). The fourth-order valence-electron chi connectivity index (χ4n) is 3.28. The Balaban J connectivity index is 0.00000300. The van der Waals surface area contributed by atoms with Gasteiger partial charge < -0.3 is 19.9 Å². The van der Waals surface area contributed by atoms with Crippen LogP contribution >= 0.6 is 35.6 Å². The van der Waals surface area contributed by atoms with E-state index >= 15 is 0 Å². The van der Waals surface area contributed by atoms with Crippen molar-refractivity contribution in [1.29, 1.82) is 0 Å². The van der Waals surface area contributed by atoms with Crippen molar-refractivity contribution in [2.45, 2.75) is 26.2 Å². The molecule has 1 aromatic carbocycles. The first-order chi connectivity index (χ1) is 13.7. The number of carbonyl (C=O) groups excluding carboxylic acids is 1. The fourth-order valence-corrected chi connectivity index (χ4v) is 3.49. The van der Waals surface area contributed by atoms with Crippen molar-refractivity contribution in [3.63, 3.8) is 0 Å². The van der Waals surface area contributed by atoms with Crippen LogP contribution < -0.4 is 5.32 Å². The van der Waals surface area contributed by atoms with Crippen molar-refractivity contribution in [2.24, 2.45) is 10.9 Å². The van der Waals surface area contributed by atoms with Crippen LogP contribution in [0.5, 0.6) is 0 Å². The first kappa shape index (κ1) is 24.2. The van der Waals surface area contributed by atoms with Crippen LogP contribution in [-0.2, 0) is 16.0 Å². The molecule has 162 valence electrons. The molecule has 1 aromatic rings. The number of hydrogen-bond acceptors (Lipinski definition) is 3. The van der Waals surface area contributed by atoms with E-state index in [0.29, 0.717) is 37.7 Å². The van der Waals surface area contributed by atoms with Gasteiger partial charge in [-0.2, -0.15) is 0 Å². The number of guanidine groups is 1. The molecule has 0 atom stereocenters. The lowest BCUT2D eigenvalue weighted by Crippen LogP contribution is -2.54. The Morgan fingerprint density at radius 3 is 2.62 bits per heavy atom. The molecular formula is C21H32ClIN4O2. The lowest BCUT2D eigenvalue weighted by atomic mass is 10.1. The molecule has 1 saturated heterocycles. The molecule has 0 bridgehead atoms. The molecule has 8 heteroatoms. The van der Waals surface area contributed by atoms with E-state index in [1.807, 2.05) is 29.2 Å². The van der Waals surface area contributed by atoms with Crippen molar-refractivity contribution in [1.82, 2.24) is 15.1 Å². The van der Waals surface area contributed by atoms with Gasteiger partial charge in [-0.15, -0.1) is 24.0 Å². The molecule has 6 nitrogen and oxygen atoms in total. The van der Waals surface area contributed by atoms with Crippen molar-refractivity contribution >= 4 is 47.4 Å². The zero-order valence-corrected chi connectivity index (χ0v) is 20.2. The van der Waals surface area contributed by atoms with Crippen LogP contribution in [-0.4, -0.2) is 74.1 Å². The van der Waals surface area contributed by atoms with Crippen LogP contribution in [0.25, 0.3) is 0 Å². The Kier molecular flexibility index (Phi) is 10.5. The number of rotatable bonds is 8. The lowest BCUT2D eigenvalue weighted by molar-refractivity contribution is -0.131. The van der Waals surface area contributed by atoms with Gasteiger partial charge >= 0.3 is 0 Å². The maximum Gasteiger partial charge on any atom is 0.227 e. The van der Waals surface area contributed by atoms with Gasteiger partial charge in [-0.3, -0.25) is 9.79 Å². The quantitative estimate of drug-likeness (QED) is 0.241. The number of amides is 1. The summed E-state index contributed by atoms with van der Waals surface area (Å²) in [5.41, 5.74) is 0.959. The molecule has 1 N–H and O–H groups in total. The summed E-state index contributed by atoms with van der Waals surface area (Å²) in [5.74, 6) is 1.85. The van der Waals surface area contributed by atoms with E-state index in [2.05, 4.69) is 17.1 Å². The topological polar surface area (TPSA) is 57.2 Å². The number of hydrogen-bond donors (Lipinski definition) is 1. The summed E-state index contributed by atoms with van der Waals surface area (Å²) in [4.78, 5) is 21.4. The van der Waals surface area contributed by atoms with Crippen molar-refractivity contribution < 1.29 is 9.53 Å². The van der Waals surface area contributed by atoms with Gasteiger partial charge in [-0.25, -0.2) is 0 Å². The number of benzene rings is 1. The Bertz CT molecular complexity index is 676. The summed E-state index contributed by atoms with van der Waals surface area (Å²) in [5, 5.41) is 4.03. The standard InChI is InChI=1S/C21H31ClN4O2.HI/c1-2-23-21(24-8-13-28-16-17-6-7-17)26-11-9-25(10-12-26)20(27)15-18-4-3-5-19(22)14-18;/h3-5,14,17H,2,6-13,15-16H2,1H3,(H,23,24);1H. The zero-order valence-electron chi connectivity index (χ0n) is 17.1. The summed E-state index contributed by atoms with van der Waals surface area (Å²) in [6.45, 7) is 8.11. The lowest BCUT2D eigenvalue weighted by Gasteiger charge is -2.36. The number of ether oxygens (including phenoxy) is 1. The molecule has 1 saturated carbocycles. The highest BCUT2D eigenvalue weighted by Gasteiger charge is 2.23. The molecule has 0 spiro atoms. The summed E-state index contributed by atoms with van der Waals surface area (Å²) in [7, 11) is 0. The Morgan fingerprint density at radius 1 is 1.24 bits per heavy atom. The van der Waals surface area contributed by atoms with Crippen LogP contribution in [0, 0.1) is 5.92 Å². The Morgan fingerprint density at radius 2 is 1.97 bits per heavy atom. The molecular weight excluding hydrogens is 503 g/mol. The highest BCUT2D eigenvalue weighted by Crippen LogP contribution is 2.28. The van der Waals surface area contributed by atoms with E-state index in [4.69, 9.17) is 21.3 Å². The minimum Gasteiger partial charge on any atom is -0.379 e. The monoisotopic (exact) mass is 534 g/mol. The van der Waals surface area contributed by atoms with Gasteiger partial charge in [-0.1, -0.05) is 23.7 Å². The van der Waals surface area contributed by atoms with Crippen LogP contribution in [0.1, 0.15) is 25.3 Å². The minimum absolute atomic E-state index is 0. The van der Waals surface area contributed by atoms with E-state index < -0.39 is 0 Å². The molecule has 2 aliphatic rings. The number of nitrogens with zero attached hydrogens (tertiary/aromatic N) is 3. The van der Waals surface area contributed by atoms with E-state index in [0.717, 1.165) is 43.7 Å². The molecule has 1 heterocycles. The third-order valence-electron chi connectivity index (χ3n) is 5.06. The summed E-state index contributed by atoms with van der Waals surface area (Å²) in [6, 6.07) is 7.52. The van der Waals surface area contributed by atoms with Crippen LogP contribution in [0.15, 0.2) is 29.3 Å². The SMILES string of the molecule is CCNC(=NCCOCC1CC1)N1CCN(C(=O)Cc2cccc(Cl)c2)CC1.I. The highest BCUT2D eigenvalue weighted by molar-refractivity contribution is 14.0. The largest absolute Gasteiger partial charge is 0.379 e. The van der Waals surface area contributed by atoms with Gasteiger partial charge in [0.05, 0.1) is 19.6 Å². The highest BCUT2D eigenvalue weighted by atomic mass is 127. The predicted octanol–water partition coefficient (Wildman–Crippen LogP) is 3.04. The molecule has 1 amide bonds. The number of carbonyl (C=O) groups is 1. The van der Waals surface area contributed by atoms with Crippen molar-refractivity contribution in [3.05, 3.63) is 34.9 Å². The zero-order chi connectivity index (χ0) is 19.8. The molecule has 1 aliphatic heterocycles. The van der Waals surface area contributed by atoms with E-state index in [1.54, 1.807) is 0 Å². The third-order valence-corrected chi connectivity index (χ3v) is 5.29. The molecule has 1 aliphatic carbocycles. The number of aliphatic imine (C=N–C) groups is 1. The van der Waals surface area contributed by atoms with Gasteiger partial charge in [0.1, 0.15) is 0 Å². The number of nitrogens with one attached hydrogen (secondary N) is 1. The average molecular weight is 535 g/mol. The Labute approximate surface area is 196 Å². The molecule has 0 radical (unpaired) electrons. The Hall–Kier alpha value is -1.06.